The van der Waals surface area contributed by atoms with E-state index in [0.717, 1.165) is 22.5 Å². The summed E-state index contributed by atoms with van der Waals surface area (Å²) in [6.45, 7) is 6.13. The van der Waals surface area contributed by atoms with Gasteiger partial charge in [-0.1, -0.05) is 5.16 Å². The molecule has 0 aliphatic rings. The Morgan fingerprint density at radius 3 is 2.76 bits per heavy atom. The minimum atomic E-state index is -0.160. The summed E-state index contributed by atoms with van der Waals surface area (Å²) in [5.41, 5.74) is 3.96. The predicted octanol–water partition coefficient (Wildman–Crippen LogP) is 2.42. The Balaban J connectivity index is 1.75. The van der Waals surface area contributed by atoms with E-state index < -0.39 is 0 Å². The molecule has 128 valence electrons. The van der Waals surface area contributed by atoms with Crippen LogP contribution in [0, 0.1) is 20.8 Å². The van der Waals surface area contributed by atoms with Gasteiger partial charge in [-0.25, -0.2) is 9.97 Å². The standard InChI is InChI=1S/C18H19N5O2/c1-11-12(2)23-25-17(11)15-10-21-13(3)22-16(15)6-8-20-18(24)14-5-4-7-19-9-14/h4-5,7,9-10H,6,8H2,1-3H3,(H,20,24). The summed E-state index contributed by atoms with van der Waals surface area (Å²) >= 11 is 0. The summed E-state index contributed by atoms with van der Waals surface area (Å²) in [6, 6.07) is 3.46. The van der Waals surface area contributed by atoms with Gasteiger partial charge < -0.3 is 9.84 Å². The van der Waals surface area contributed by atoms with Crippen molar-refractivity contribution in [3.05, 3.63) is 59.1 Å². The minimum Gasteiger partial charge on any atom is -0.356 e. The molecule has 1 N–H and O–H groups in total. The maximum atomic E-state index is 12.1. The second kappa shape index (κ2) is 7.21. The number of pyridine rings is 1. The van der Waals surface area contributed by atoms with Crippen LogP contribution >= 0.6 is 0 Å². The lowest BCUT2D eigenvalue weighted by atomic mass is 10.1. The van der Waals surface area contributed by atoms with Gasteiger partial charge in [-0.2, -0.15) is 0 Å². The van der Waals surface area contributed by atoms with E-state index in [9.17, 15) is 4.79 Å². The highest BCUT2D eigenvalue weighted by atomic mass is 16.5. The number of rotatable bonds is 5. The minimum absolute atomic E-state index is 0.160. The van der Waals surface area contributed by atoms with Gasteiger partial charge in [-0.3, -0.25) is 9.78 Å². The number of nitrogens with zero attached hydrogens (tertiary/aromatic N) is 4. The summed E-state index contributed by atoms with van der Waals surface area (Å²) in [5.74, 6) is 1.18. The van der Waals surface area contributed by atoms with Crippen LogP contribution in [0.3, 0.4) is 0 Å². The molecular weight excluding hydrogens is 318 g/mol. The van der Waals surface area contributed by atoms with Crippen LogP contribution in [-0.2, 0) is 6.42 Å². The first kappa shape index (κ1) is 16.8. The van der Waals surface area contributed by atoms with E-state index in [1.807, 2.05) is 20.8 Å². The van der Waals surface area contributed by atoms with Crippen molar-refractivity contribution in [1.29, 1.82) is 0 Å². The lowest BCUT2D eigenvalue weighted by Crippen LogP contribution is -2.26. The number of aromatic nitrogens is 4. The predicted molar refractivity (Wildman–Crippen MR) is 92.0 cm³/mol. The first-order valence-electron chi connectivity index (χ1n) is 8.00. The molecule has 0 aromatic carbocycles. The van der Waals surface area contributed by atoms with Crippen molar-refractivity contribution in [2.45, 2.75) is 27.2 Å². The van der Waals surface area contributed by atoms with Crippen molar-refractivity contribution >= 4 is 5.91 Å². The maximum Gasteiger partial charge on any atom is 0.252 e. The monoisotopic (exact) mass is 337 g/mol. The van der Waals surface area contributed by atoms with Crippen molar-refractivity contribution in [2.24, 2.45) is 0 Å². The average Bonchev–Trinajstić information content (AvgIpc) is 2.95. The van der Waals surface area contributed by atoms with Crippen molar-refractivity contribution in [3.63, 3.8) is 0 Å². The van der Waals surface area contributed by atoms with Crippen molar-refractivity contribution in [3.8, 4) is 11.3 Å². The first-order chi connectivity index (χ1) is 12.1. The van der Waals surface area contributed by atoms with Crippen LogP contribution in [-0.4, -0.2) is 32.6 Å². The van der Waals surface area contributed by atoms with Crippen molar-refractivity contribution in [2.75, 3.05) is 6.54 Å². The van der Waals surface area contributed by atoms with Crippen LogP contribution in [0.15, 0.2) is 35.2 Å². The third kappa shape index (κ3) is 3.71. The summed E-state index contributed by atoms with van der Waals surface area (Å²) in [7, 11) is 0. The maximum absolute atomic E-state index is 12.1. The van der Waals surface area contributed by atoms with Crippen LogP contribution in [0.2, 0.25) is 0 Å². The topological polar surface area (TPSA) is 93.8 Å². The number of carbonyl (C=O) groups is 1. The Hall–Kier alpha value is -3.09. The van der Waals surface area contributed by atoms with Crippen LogP contribution in [0.1, 0.15) is 33.1 Å². The first-order valence-corrected chi connectivity index (χ1v) is 8.00. The van der Waals surface area contributed by atoms with Gasteiger partial charge in [-0.05, 0) is 32.9 Å². The van der Waals surface area contributed by atoms with E-state index >= 15 is 0 Å². The molecule has 0 bridgehead atoms. The fourth-order valence-electron chi connectivity index (χ4n) is 2.46. The molecule has 3 aromatic heterocycles. The Morgan fingerprint density at radius 2 is 2.08 bits per heavy atom. The van der Waals surface area contributed by atoms with Crippen LogP contribution in [0.5, 0.6) is 0 Å². The van der Waals surface area contributed by atoms with Gasteiger partial charge in [0.05, 0.1) is 22.5 Å². The highest BCUT2D eigenvalue weighted by Crippen LogP contribution is 2.27. The van der Waals surface area contributed by atoms with Crippen LogP contribution in [0.25, 0.3) is 11.3 Å². The Morgan fingerprint density at radius 1 is 1.24 bits per heavy atom. The molecule has 0 unspecified atom stereocenters. The number of nitrogens with one attached hydrogen (secondary N) is 1. The van der Waals surface area contributed by atoms with E-state index in [1.165, 1.54) is 6.20 Å². The molecular formula is C18H19N5O2. The van der Waals surface area contributed by atoms with Crippen LogP contribution in [0.4, 0.5) is 0 Å². The number of hydrogen-bond donors (Lipinski definition) is 1. The summed E-state index contributed by atoms with van der Waals surface area (Å²) in [5, 5.41) is 6.88. The average molecular weight is 337 g/mol. The zero-order chi connectivity index (χ0) is 17.8. The normalized spacial score (nSPS) is 10.7. The largest absolute Gasteiger partial charge is 0.356 e. The summed E-state index contributed by atoms with van der Waals surface area (Å²) in [6.07, 6.45) is 5.47. The molecule has 3 heterocycles. The zero-order valence-corrected chi connectivity index (χ0v) is 14.4. The fraction of sp³-hybridized carbons (Fsp3) is 0.278. The van der Waals surface area contributed by atoms with Gasteiger partial charge in [-0.15, -0.1) is 0 Å². The number of hydrogen-bond acceptors (Lipinski definition) is 6. The van der Waals surface area contributed by atoms with Gasteiger partial charge >= 0.3 is 0 Å². The molecule has 7 heteroatoms. The SMILES string of the molecule is Cc1ncc(-c2onc(C)c2C)c(CCNC(=O)c2cccnc2)n1. The number of aryl methyl sites for hydroxylation is 2. The van der Waals surface area contributed by atoms with Gasteiger partial charge in [0, 0.05) is 37.1 Å². The highest BCUT2D eigenvalue weighted by Gasteiger charge is 2.17. The number of amides is 1. The third-order valence-electron chi connectivity index (χ3n) is 3.96. The zero-order valence-electron chi connectivity index (χ0n) is 14.4. The second-order valence-corrected chi connectivity index (χ2v) is 5.75. The van der Waals surface area contributed by atoms with Gasteiger partial charge in [0.25, 0.3) is 5.91 Å². The van der Waals surface area contributed by atoms with Gasteiger partial charge in [0.2, 0.25) is 0 Å². The summed E-state index contributed by atoms with van der Waals surface area (Å²) in [4.78, 5) is 24.8. The fourth-order valence-corrected chi connectivity index (χ4v) is 2.46. The molecule has 0 radical (unpaired) electrons. The molecule has 0 fully saturated rings. The molecule has 25 heavy (non-hydrogen) atoms. The van der Waals surface area contributed by atoms with Crippen molar-refractivity contribution in [1.82, 2.24) is 25.4 Å². The van der Waals surface area contributed by atoms with E-state index in [2.05, 4.69) is 25.4 Å². The van der Waals surface area contributed by atoms with Gasteiger partial charge in [0.1, 0.15) is 5.82 Å². The van der Waals surface area contributed by atoms with E-state index in [-0.39, 0.29) is 5.91 Å². The quantitative estimate of drug-likeness (QED) is 0.768. The molecule has 3 rings (SSSR count). The lowest BCUT2D eigenvalue weighted by Gasteiger charge is -2.09. The van der Waals surface area contributed by atoms with Crippen LogP contribution < -0.4 is 5.32 Å². The summed E-state index contributed by atoms with van der Waals surface area (Å²) < 4.78 is 5.43. The van der Waals surface area contributed by atoms with E-state index in [1.54, 1.807) is 24.5 Å². The Labute approximate surface area is 145 Å². The Kier molecular flexibility index (Phi) is 4.83. The second-order valence-electron chi connectivity index (χ2n) is 5.75. The Bertz CT molecular complexity index is 890. The lowest BCUT2D eigenvalue weighted by molar-refractivity contribution is 0.0953. The molecule has 0 aliphatic carbocycles. The molecule has 3 aromatic rings. The smallest absolute Gasteiger partial charge is 0.252 e. The molecule has 0 saturated heterocycles. The highest BCUT2D eigenvalue weighted by molar-refractivity contribution is 5.93. The molecule has 1 amide bonds. The van der Waals surface area contributed by atoms with Gasteiger partial charge in [0.15, 0.2) is 5.76 Å². The number of carbonyl (C=O) groups excluding carboxylic acids is 1. The molecule has 0 saturated carbocycles. The van der Waals surface area contributed by atoms with E-state index in [4.69, 9.17) is 4.52 Å². The molecule has 0 spiro atoms. The van der Waals surface area contributed by atoms with E-state index in [0.29, 0.717) is 30.1 Å². The molecule has 7 nitrogen and oxygen atoms in total. The molecule has 0 atom stereocenters. The molecule has 0 aliphatic heterocycles. The third-order valence-corrected chi connectivity index (χ3v) is 3.96. The van der Waals surface area contributed by atoms with Crippen molar-refractivity contribution < 1.29 is 9.32 Å².